The second-order valence-corrected chi connectivity index (χ2v) is 11.5. The lowest BCUT2D eigenvalue weighted by Crippen LogP contribution is -2.44. The number of aliphatic hydroxyl groups is 1. The van der Waals surface area contributed by atoms with Gasteiger partial charge in [-0.1, -0.05) is 24.2 Å². The van der Waals surface area contributed by atoms with Crippen LogP contribution in [0, 0.1) is 11.6 Å². The van der Waals surface area contributed by atoms with Crippen molar-refractivity contribution in [3.05, 3.63) is 88.0 Å². The molecule has 1 fully saturated rings. The van der Waals surface area contributed by atoms with Gasteiger partial charge in [0.05, 0.1) is 22.2 Å². The Labute approximate surface area is 246 Å². The number of hydrogen-bond acceptors (Lipinski definition) is 6. The van der Waals surface area contributed by atoms with Crippen molar-refractivity contribution in [2.75, 3.05) is 14.2 Å². The number of pyridine rings is 1. The van der Waals surface area contributed by atoms with E-state index in [1.807, 2.05) is 31.3 Å². The van der Waals surface area contributed by atoms with Crippen LogP contribution in [0.1, 0.15) is 46.6 Å². The standard InChI is InChI=1S/C31H30ClF2N3O3S/c1-17(38)25-15-19(12-13-36-25)18-4-11-26(40-3)20(14-18)16-37(22-7-5-21(35-2)6-8-22)31(39)30-28(32)27-23(33)9-10-24(34)29(27)41-30/h4,9-15,21-22,35,38H,1,5-8,16H2,2-3H3. The van der Waals surface area contributed by atoms with E-state index in [1.165, 1.54) is 0 Å². The number of benzene rings is 2. The SMILES string of the molecule is C=C(O)c1cc(-c2ccc(OC)c(CN(C(=O)c3sc4c(F)ccc(F)c4c3Cl)C3CCC(NC)CC3)c2)ccn1. The monoisotopic (exact) mass is 597 g/mol. The molecule has 1 aliphatic carbocycles. The fourth-order valence-corrected chi connectivity index (χ4v) is 6.95. The van der Waals surface area contributed by atoms with E-state index < -0.39 is 11.6 Å². The second kappa shape index (κ2) is 12.1. The van der Waals surface area contributed by atoms with E-state index in [-0.39, 0.29) is 44.2 Å². The minimum absolute atomic E-state index is 0.0238. The Kier molecular flexibility index (Phi) is 8.58. The van der Waals surface area contributed by atoms with E-state index in [4.69, 9.17) is 16.3 Å². The fraction of sp³-hybridized carbons (Fsp3) is 0.290. The molecule has 2 heterocycles. The summed E-state index contributed by atoms with van der Waals surface area (Å²) < 4.78 is 35.0. The Morgan fingerprint density at radius 3 is 2.51 bits per heavy atom. The van der Waals surface area contributed by atoms with Gasteiger partial charge in [0.2, 0.25) is 0 Å². The zero-order valence-corrected chi connectivity index (χ0v) is 24.3. The maximum atomic E-state index is 14.7. The van der Waals surface area contributed by atoms with Crippen LogP contribution in [0.15, 0.2) is 55.2 Å². The van der Waals surface area contributed by atoms with Gasteiger partial charge in [-0.3, -0.25) is 9.78 Å². The molecule has 0 saturated heterocycles. The van der Waals surface area contributed by atoms with Crippen LogP contribution >= 0.6 is 22.9 Å². The van der Waals surface area contributed by atoms with Crippen LogP contribution in [-0.2, 0) is 6.54 Å². The number of aromatic nitrogens is 1. The zero-order valence-electron chi connectivity index (χ0n) is 22.7. The van der Waals surface area contributed by atoms with Crippen molar-refractivity contribution in [1.82, 2.24) is 15.2 Å². The van der Waals surface area contributed by atoms with Crippen molar-refractivity contribution in [1.29, 1.82) is 0 Å². The molecule has 4 aromatic rings. The molecule has 0 bridgehead atoms. The lowest BCUT2D eigenvalue weighted by Gasteiger charge is -2.37. The fourth-order valence-electron chi connectivity index (χ4n) is 5.44. The highest BCUT2D eigenvalue weighted by molar-refractivity contribution is 7.21. The molecule has 10 heteroatoms. The molecule has 2 aromatic carbocycles. The smallest absolute Gasteiger partial charge is 0.266 e. The molecule has 0 atom stereocenters. The van der Waals surface area contributed by atoms with Gasteiger partial charge in [0.15, 0.2) is 0 Å². The summed E-state index contributed by atoms with van der Waals surface area (Å²) in [4.78, 5) is 20.2. The Bertz CT molecular complexity index is 1620. The Balaban J connectivity index is 1.56. The van der Waals surface area contributed by atoms with Crippen LogP contribution in [0.3, 0.4) is 0 Å². The van der Waals surface area contributed by atoms with Crippen LogP contribution in [0.25, 0.3) is 27.0 Å². The summed E-state index contributed by atoms with van der Waals surface area (Å²) in [7, 11) is 3.50. The predicted molar refractivity (Wildman–Crippen MR) is 160 cm³/mol. The maximum Gasteiger partial charge on any atom is 0.266 e. The number of nitrogens with zero attached hydrogens (tertiary/aromatic N) is 2. The molecule has 5 rings (SSSR count). The number of aliphatic hydroxyl groups excluding tert-OH is 1. The van der Waals surface area contributed by atoms with Crippen LogP contribution in [0.2, 0.25) is 5.02 Å². The number of carbonyl (C=O) groups excluding carboxylic acids is 1. The quantitative estimate of drug-likeness (QED) is 0.205. The van der Waals surface area contributed by atoms with Gasteiger partial charge in [-0.2, -0.15) is 0 Å². The third-order valence-electron chi connectivity index (χ3n) is 7.69. The van der Waals surface area contributed by atoms with Crippen molar-refractivity contribution in [3.8, 4) is 16.9 Å². The molecular formula is C31H30ClF2N3O3S. The minimum atomic E-state index is -0.667. The Hall–Kier alpha value is -3.53. The summed E-state index contributed by atoms with van der Waals surface area (Å²) in [6, 6.07) is 11.5. The number of halogens is 3. The minimum Gasteiger partial charge on any atom is -0.506 e. The number of fused-ring (bicyclic) bond motifs is 1. The summed E-state index contributed by atoms with van der Waals surface area (Å²) >= 11 is 7.43. The van der Waals surface area contributed by atoms with E-state index in [0.29, 0.717) is 17.5 Å². The van der Waals surface area contributed by atoms with Gasteiger partial charge in [0, 0.05) is 30.4 Å². The van der Waals surface area contributed by atoms with Crippen molar-refractivity contribution >= 4 is 44.7 Å². The van der Waals surface area contributed by atoms with Gasteiger partial charge in [0.25, 0.3) is 5.91 Å². The molecular weight excluding hydrogens is 568 g/mol. The number of amides is 1. The normalized spacial score (nSPS) is 17.0. The molecule has 2 aromatic heterocycles. The number of thiophene rings is 1. The summed E-state index contributed by atoms with van der Waals surface area (Å²) in [6.07, 6.45) is 4.88. The van der Waals surface area contributed by atoms with Gasteiger partial charge in [-0.15, -0.1) is 11.3 Å². The average Bonchev–Trinajstić information content (AvgIpc) is 3.35. The van der Waals surface area contributed by atoms with E-state index in [1.54, 1.807) is 24.3 Å². The molecule has 0 unspecified atom stereocenters. The van der Waals surface area contributed by atoms with Gasteiger partial charge in [0.1, 0.15) is 33.7 Å². The first-order chi connectivity index (χ1) is 19.7. The van der Waals surface area contributed by atoms with Crippen molar-refractivity contribution < 1.29 is 23.4 Å². The Morgan fingerprint density at radius 2 is 1.85 bits per heavy atom. The highest BCUT2D eigenvalue weighted by Crippen LogP contribution is 2.40. The number of nitrogens with one attached hydrogen (secondary N) is 1. The third kappa shape index (κ3) is 5.80. The number of hydrogen-bond donors (Lipinski definition) is 2. The first kappa shape index (κ1) is 29.0. The number of rotatable bonds is 8. The van der Waals surface area contributed by atoms with Crippen LogP contribution < -0.4 is 10.1 Å². The summed E-state index contributed by atoms with van der Waals surface area (Å²) in [5, 5.41) is 13.0. The first-order valence-corrected chi connectivity index (χ1v) is 14.5. The van der Waals surface area contributed by atoms with Crippen molar-refractivity contribution in [3.63, 3.8) is 0 Å². The van der Waals surface area contributed by atoms with Crippen LogP contribution in [0.4, 0.5) is 8.78 Å². The lowest BCUT2D eigenvalue weighted by atomic mass is 9.89. The third-order valence-corrected chi connectivity index (χ3v) is 9.37. The molecule has 1 aliphatic rings. The zero-order chi connectivity index (χ0) is 29.3. The largest absolute Gasteiger partial charge is 0.506 e. The average molecular weight is 598 g/mol. The van der Waals surface area contributed by atoms with Gasteiger partial charge in [-0.25, -0.2) is 8.78 Å². The molecule has 6 nitrogen and oxygen atoms in total. The topological polar surface area (TPSA) is 74.7 Å². The molecule has 1 saturated carbocycles. The van der Waals surface area contributed by atoms with E-state index in [0.717, 1.165) is 65.8 Å². The molecule has 0 radical (unpaired) electrons. The number of carbonyl (C=O) groups is 1. The molecule has 2 N–H and O–H groups in total. The molecule has 1 amide bonds. The maximum absolute atomic E-state index is 14.7. The molecule has 41 heavy (non-hydrogen) atoms. The van der Waals surface area contributed by atoms with Gasteiger partial charge in [-0.05, 0) is 80.3 Å². The highest BCUT2D eigenvalue weighted by atomic mass is 35.5. The van der Waals surface area contributed by atoms with Crippen molar-refractivity contribution in [2.45, 2.75) is 44.3 Å². The number of ether oxygens (including phenoxy) is 1. The van der Waals surface area contributed by atoms with Crippen LogP contribution in [0.5, 0.6) is 5.75 Å². The highest BCUT2D eigenvalue weighted by Gasteiger charge is 2.33. The Morgan fingerprint density at radius 1 is 1.15 bits per heavy atom. The first-order valence-electron chi connectivity index (χ1n) is 13.3. The van der Waals surface area contributed by atoms with Gasteiger partial charge < -0.3 is 20.1 Å². The summed E-state index contributed by atoms with van der Waals surface area (Å²) in [5.41, 5.74) is 2.75. The molecule has 0 spiro atoms. The van der Waals surface area contributed by atoms with E-state index in [9.17, 15) is 18.7 Å². The van der Waals surface area contributed by atoms with Gasteiger partial charge >= 0.3 is 0 Å². The second-order valence-electron chi connectivity index (χ2n) is 10.1. The van der Waals surface area contributed by atoms with E-state index in [2.05, 4.69) is 16.9 Å². The molecule has 0 aliphatic heterocycles. The van der Waals surface area contributed by atoms with E-state index >= 15 is 0 Å². The van der Waals surface area contributed by atoms with Crippen molar-refractivity contribution in [2.24, 2.45) is 0 Å². The molecule has 214 valence electrons. The predicted octanol–water partition coefficient (Wildman–Crippen LogP) is 7.61. The summed E-state index contributed by atoms with van der Waals surface area (Å²) in [5.74, 6) is -1.21. The summed E-state index contributed by atoms with van der Waals surface area (Å²) in [6.45, 7) is 3.76. The van der Waals surface area contributed by atoms with Crippen LogP contribution in [-0.4, -0.2) is 47.1 Å². The lowest BCUT2D eigenvalue weighted by molar-refractivity contribution is 0.0604. The number of methoxy groups -OCH3 is 1.